The van der Waals surface area contributed by atoms with Crippen LogP contribution < -0.4 is 14.8 Å². The lowest BCUT2D eigenvalue weighted by molar-refractivity contribution is -0.139. The molecule has 0 saturated heterocycles. The summed E-state index contributed by atoms with van der Waals surface area (Å²) in [5.41, 5.74) is 2.75. The molecule has 0 amide bonds. The van der Waals surface area contributed by atoms with Crippen LogP contribution in [0.1, 0.15) is 25.1 Å². The van der Waals surface area contributed by atoms with Crippen LogP contribution >= 0.6 is 27.7 Å². The highest BCUT2D eigenvalue weighted by Gasteiger charge is 2.28. The number of benzene rings is 2. The lowest BCUT2D eigenvalue weighted by atomic mass is 10.1. The number of carbonyl (C=O) groups is 1. The quantitative estimate of drug-likeness (QED) is 0.441. The first-order valence-electron chi connectivity index (χ1n) is 9.59. The van der Waals surface area contributed by atoms with Crippen molar-refractivity contribution in [1.29, 1.82) is 0 Å². The number of hydrogen-bond acceptors (Lipinski definition) is 8. The summed E-state index contributed by atoms with van der Waals surface area (Å²) in [5.74, 6) is 0.568. The minimum Gasteiger partial charge on any atom is -0.481 e. The number of halogens is 1. The van der Waals surface area contributed by atoms with Gasteiger partial charge < -0.3 is 19.9 Å². The molecule has 8 nitrogen and oxygen atoms in total. The second kappa shape index (κ2) is 9.52. The van der Waals surface area contributed by atoms with Crippen molar-refractivity contribution >= 4 is 39.3 Å². The van der Waals surface area contributed by atoms with Gasteiger partial charge in [-0.1, -0.05) is 46.7 Å². The second-order valence-corrected chi connectivity index (χ2v) is 8.63. The maximum absolute atomic E-state index is 11.0. The zero-order valence-electron chi connectivity index (χ0n) is 16.5. The summed E-state index contributed by atoms with van der Waals surface area (Å²) in [7, 11) is 0. The maximum Gasteiger partial charge on any atom is 0.341 e. The van der Waals surface area contributed by atoms with E-state index in [2.05, 4.69) is 43.4 Å². The summed E-state index contributed by atoms with van der Waals surface area (Å²) in [5, 5.41) is 21.5. The van der Waals surface area contributed by atoms with Gasteiger partial charge in [0.2, 0.25) is 17.3 Å². The Labute approximate surface area is 191 Å². The fourth-order valence-corrected chi connectivity index (χ4v) is 4.03. The van der Waals surface area contributed by atoms with Crippen molar-refractivity contribution < 1.29 is 19.4 Å². The number of aliphatic carboxylic acids is 1. The third kappa shape index (κ3) is 4.91. The van der Waals surface area contributed by atoms with E-state index in [1.54, 1.807) is 12.1 Å². The van der Waals surface area contributed by atoms with Crippen LogP contribution in [-0.4, -0.2) is 38.6 Å². The molecule has 0 fully saturated rings. The number of nitrogens with zero attached hydrogens (tertiary/aromatic N) is 3. The van der Waals surface area contributed by atoms with Gasteiger partial charge in [0.15, 0.2) is 12.3 Å². The van der Waals surface area contributed by atoms with Crippen LogP contribution in [0, 0.1) is 0 Å². The number of carboxylic acids is 1. The lowest BCUT2D eigenvalue weighted by Gasteiger charge is -2.21. The maximum atomic E-state index is 11.0. The van der Waals surface area contributed by atoms with Gasteiger partial charge in [0, 0.05) is 21.5 Å². The van der Waals surface area contributed by atoms with E-state index in [9.17, 15) is 4.79 Å². The SMILES string of the molecule is CCCSc1nnc2c(n1)OC(c1ccccc1OCC(=O)O)Nc1ccc(Br)cc1-2. The molecule has 0 saturated carbocycles. The Bertz CT molecular complexity index is 1110. The number of ether oxygens (including phenoxy) is 2. The molecule has 10 heteroatoms. The number of para-hydroxylation sites is 1. The van der Waals surface area contributed by atoms with E-state index in [0.717, 1.165) is 27.9 Å². The molecule has 2 aromatic carbocycles. The highest BCUT2D eigenvalue weighted by molar-refractivity contribution is 9.10. The lowest BCUT2D eigenvalue weighted by Crippen LogP contribution is -2.19. The van der Waals surface area contributed by atoms with Crippen molar-refractivity contribution in [2.24, 2.45) is 0 Å². The highest BCUT2D eigenvalue weighted by atomic mass is 79.9. The van der Waals surface area contributed by atoms with Gasteiger partial charge in [0.1, 0.15) is 5.75 Å². The van der Waals surface area contributed by atoms with Crippen molar-refractivity contribution in [2.45, 2.75) is 24.7 Å². The van der Waals surface area contributed by atoms with Crippen molar-refractivity contribution in [1.82, 2.24) is 15.2 Å². The molecule has 2 N–H and O–H groups in total. The Morgan fingerprint density at radius 2 is 2.13 bits per heavy atom. The van der Waals surface area contributed by atoms with Crippen LogP contribution in [0.25, 0.3) is 11.3 Å². The van der Waals surface area contributed by atoms with E-state index in [1.807, 2.05) is 30.3 Å². The predicted octanol–water partition coefficient (Wildman–Crippen LogP) is 4.77. The van der Waals surface area contributed by atoms with E-state index in [4.69, 9.17) is 14.6 Å². The standard InChI is InChI=1S/C21H19BrN4O4S/c1-2-9-31-21-24-20-18(25-26-21)14-10-12(22)7-8-15(14)23-19(30-20)13-5-3-4-6-16(13)29-11-17(27)28/h3-8,10,19,23H,2,9,11H2,1H3,(H,27,28). The normalized spacial score (nSPS) is 14.5. The van der Waals surface area contributed by atoms with E-state index in [1.165, 1.54) is 11.8 Å². The van der Waals surface area contributed by atoms with Crippen molar-refractivity contribution in [3.63, 3.8) is 0 Å². The first kappa shape index (κ1) is 21.4. The molecule has 1 aromatic heterocycles. The average Bonchev–Trinajstić information content (AvgIpc) is 2.92. The summed E-state index contributed by atoms with van der Waals surface area (Å²) in [6, 6.07) is 12.9. The van der Waals surface area contributed by atoms with Gasteiger partial charge in [0.05, 0.1) is 5.56 Å². The fourth-order valence-electron chi connectivity index (χ4n) is 3.03. The number of fused-ring (bicyclic) bond motifs is 3. The Kier molecular flexibility index (Phi) is 6.57. The largest absolute Gasteiger partial charge is 0.481 e. The Balaban J connectivity index is 1.78. The van der Waals surface area contributed by atoms with Crippen LogP contribution in [0.15, 0.2) is 52.1 Å². The van der Waals surface area contributed by atoms with Gasteiger partial charge in [-0.15, -0.1) is 10.2 Å². The molecule has 0 bridgehead atoms. The Hall–Kier alpha value is -2.85. The van der Waals surface area contributed by atoms with Crippen LogP contribution in [0.4, 0.5) is 5.69 Å². The number of nitrogens with one attached hydrogen (secondary N) is 1. The van der Waals surface area contributed by atoms with Gasteiger partial charge in [-0.3, -0.25) is 0 Å². The molecule has 2 heterocycles. The molecule has 1 atom stereocenters. The molecule has 4 rings (SSSR count). The van der Waals surface area contributed by atoms with Crippen LogP contribution in [-0.2, 0) is 4.79 Å². The molecule has 1 aliphatic heterocycles. The highest BCUT2D eigenvalue weighted by Crippen LogP contribution is 2.42. The zero-order chi connectivity index (χ0) is 21.8. The summed E-state index contributed by atoms with van der Waals surface area (Å²) in [6.45, 7) is 1.63. The Morgan fingerprint density at radius 3 is 2.94 bits per heavy atom. The minimum absolute atomic E-state index is 0.344. The first-order valence-corrected chi connectivity index (χ1v) is 11.4. The van der Waals surface area contributed by atoms with Gasteiger partial charge in [0.25, 0.3) is 0 Å². The smallest absolute Gasteiger partial charge is 0.341 e. The molecule has 0 radical (unpaired) electrons. The number of carboxylic acid groups (broad SMARTS) is 1. The summed E-state index contributed by atoms with van der Waals surface area (Å²) < 4.78 is 12.6. The van der Waals surface area contributed by atoms with Crippen molar-refractivity contribution in [3.05, 3.63) is 52.5 Å². The van der Waals surface area contributed by atoms with Gasteiger partial charge in [-0.2, -0.15) is 4.98 Å². The molecule has 1 aliphatic rings. The van der Waals surface area contributed by atoms with Crippen molar-refractivity contribution in [2.75, 3.05) is 17.7 Å². The molecule has 31 heavy (non-hydrogen) atoms. The molecule has 3 aromatic rings. The summed E-state index contributed by atoms with van der Waals surface area (Å²) >= 11 is 5.02. The molecule has 0 aliphatic carbocycles. The zero-order valence-corrected chi connectivity index (χ0v) is 18.9. The predicted molar refractivity (Wildman–Crippen MR) is 121 cm³/mol. The van der Waals surface area contributed by atoms with E-state index in [0.29, 0.717) is 28.0 Å². The molecule has 0 spiro atoms. The monoisotopic (exact) mass is 502 g/mol. The third-order valence-electron chi connectivity index (χ3n) is 4.38. The number of anilines is 1. The number of hydrogen-bond donors (Lipinski definition) is 2. The van der Waals surface area contributed by atoms with E-state index < -0.39 is 18.8 Å². The van der Waals surface area contributed by atoms with Gasteiger partial charge in [-0.25, -0.2) is 4.79 Å². The van der Waals surface area contributed by atoms with E-state index >= 15 is 0 Å². The first-order chi connectivity index (χ1) is 15.0. The summed E-state index contributed by atoms with van der Waals surface area (Å²) in [6.07, 6.45) is 0.312. The van der Waals surface area contributed by atoms with E-state index in [-0.39, 0.29) is 0 Å². The van der Waals surface area contributed by atoms with Crippen LogP contribution in [0.3, 0.4) is 0 Å². The molecular weight excluding hydrogens is 484 g/mol. The average molecular weight is 503 g/mol. The topological polar surface area (TPSA) is 106 Å². The van der Waals surface area contributed by atoms with Crippen LogP contribution in [0.5, 0.6) is 11.6 Å². The number of rotatable bonds is 7. The van der Waals surface area contributed by atoms with Crippen LogP contribution in [0.2, 0.25) is 0 Å². The molecule has 1 unspecified atom stereocenters. The Morgan fingerprint density at radius 1 is 1.29 bits per heavy atom. The number of thioether (sulfide) groups is 1. The third-order valence-corrected chi connectivity index (χ3v) is 5.91. The van der Waals surface area contributed by atoms with Gasteiger partial charge in [-0.05, 0) is 36.8 Å². The minimum atomic E-state index is -1.06. The second-order valence-electron chi connectivity index (χ2n) is 6.65. The van der Waals surface area contributed by atoms with Crippen molar-refractivity contribution in [3.8, 4) is 22.9 Å². The van der Waals surface area contributed by atoms with Gasteiger partial charge >= 0.3 is 5.97 Å². The summed E-state index contributed by atoms with van der Waals surface area (Å²) in [4.78, 5) is 15.6. The fraction of sp³-hybridized carbons (Fsp3) is 0.238. The molecular formula is C21H19BrN4O4S. The number of aromatic nitrogens is 3. The molecule has 160 valence electrons.